The van der Waals surface area contributed by atoms with E-state index in [4.69, 9.17) is 15.9 Å². The summed E-state index contributed by atoms with van der Waals surface area (Å²) in [6.45, 7) is 4.81. The van der Waals surface area contributed by atoms with Crippen LogP contribution in [0.3, 0.4) is 0 Å². The highest BCUT2D eigenvalue weighted by molar-refractivity contribution is 5.39. The van der Waals surface area contributed by atoms with E-state index in [1.54, 1.807) is 0 Å². The normalized spacial score (nSPS) is 10.4. The van der Waals surface area contributed by atoms with Crippen LogP contribution in [-0.2, 0) is 6.61 Å². The van der Waals surface area contributed by atoms with E-state index < -0.39 is 0 Å². The molecule has 0 aromatic heterocycles. The van der Waals surface area contributed by atoms with Crippen molar-refractivity contribution in [3.63, 3.8) is 0 Å². The molecule has 26 heavy (non-hydrogen) atoms. The van der Waals surface area contributed by atoms with E-state index >= 15 is 0 Å². The lowest BCUT2D eigenvalue weighted by Gasteiger charge is -2.11. The summed E-state index contributed by atoms with van der Waals surface area (Å²) in [5.41, 5.74) is 3.19. The first-order chi connectivity index (χ1) is 12.6. The summed E-state index contributed by atoms with van der Waals surface area (Å²) in [5, 5.41) is 0. The average molecular weight is 342 g/mol. The van der Waals surface area contributed by atoms with Gasteiger partial charge in [-0.15, -0.1) is 6.42 Å². The Balaban J connectivity index is 1.65. The zero-order chi connectivity index (χ0) is 18.4. The van der Waals surface area contributed by atoms with Gasteiger partial charge in [-0.2, -0.15) is 0 Å². The third kappa shape index (κ3) is 4.68. The maximum atomic E-state index is 5.94. The van der Waals surface area contributed by atoms with Gasteiger partial charge in [0.15, 0.2) is 0 Å². The molecule has 3 aromatic carbocycles. The molecule has 3 rings (SSSR count). The van der Waals surface area contributed by atoms with Crippen molar-refractivity contribution in [2.24, 2.45) is 0 Å². The molecule has 0 saturated heterocycles. The maximum absolute atomic E-state index is 5.94. The molecule has 2 heteroatoms. The van der Waals surface area contributed by atoms with Gasteiger partial charge in [0.2, 0.25) is 0 Å². The predicted octanol–water partition coefficient (Wildman–Crippen LogP) is 6.16. The van der Waals surface area contributed by atoms with Crippen LogP contribution in [0.1, 0.15) is 36.5 Å². The van der Waals surface area contributed by atoms with Gasteiger partial charge in [0.25, 0.3) is 0 Å². The minimum absolute atomic E-state index is 0.460. The van der Waals surface area contributed by atoms with Crippen molar-refractivity contribution >= 4 is 0 Å². The van der Waals surface area contributed by atoms with Crippen LogP contribution in [-0.4, -0.2) is 0 Å². The first-order valence-corrected chi connectivity index (χ1v) is 8.70. The first kappa shape index (κ1) is 17.6. The molecule has 0 radical (unpaired) electrons. The van der Waals surface area contributed by atoms with E-state index in [9.17, 15) is 0 Å². The van der Waals surface area contributed by atoms with E-state index in [1.165, 1.54) is 5.56 Å². The molecule has 0 spiro atoms. The van der Waals surface area contributed by atoms with Crippen LogP contribution < -0.4 is 9.47 Å². The zero-order valence-electron chi connectivity index (χ0n) is 15.1. The summed E-state index contributed by atoms with van der Waals surface area (Å²) >= 11 is 0. The number of terminal acetylenes is 1. The van der Waals surface area contributed by atoms with E-state index in [-0.39, 0.29) is 0 Å². The lowest BCUT2D eigenvalue weighted by atomic mass is 10.0. The number of rotatable bonds is 6. The Hall–Kier alpha value is -3.18. The standard InChI is InChI=1S/C24H22O2/c1-4-19-7-5-8-20(15-19)17-25-23-9-6-10-24(16-23)26-22-13-11-21(12-14-22)18(2)3/h1,5-16,18H,17H2,2-3H3. The van der Waals surface area contributed by atoms with Crippen molar-refractivity contribution in [2.45, 2.75) is 26.4 Å². The summed E-state index contributed by atoms with van der Waals surface area (Å²) in [6, 6.07) is 23.6. The molecule has 0 amide bonds. The highest BCUT2D eigenvalue weighted by Crippen LogP contribution is 2.27. The number of ether oxygens (including phenoxy) is 2. The summed E-state index contributed by atoms with van der Waals surface area (Å²) in [7, 11) is 0. The van der Waals surface area contributed by atoms with Gasteiger partial charge >= 0.3 is 0 Å². The summed E-state index contributed by atoms with van der Waals surface area (Å²) in [6.07, 6.45) is 5.44. The molecule has 0 aliphatic rings. The molecule has 0 fully saturated rings. The monoisotopic (exact) mass is 342 g/mol. The van der Waals surface area contributed by atoms with Crippen LogP contribution in [0.5, 0.6) is 17.2 Å². The molecule has 0 unspecified atom stereocenters. The van der Waals surface area contributed by atoms with Crippen molar-refractivity contribution in [1.29, 1.82) is 0 Å². The Morgan fingerprint density at radius 2 is 1.58 bits per heavy atom. The van der Waals surface area contributed by atoms with Gasteiger partial charge in [-0.05, 0) is 53.4 Å². The fraction of sp³-hybridized carbons (Fsp3) is 0.167. The summed E-state index contributed by atoms with van der Waals surface area (Å²) < 4.78 is 11.8. The first-order valence-electron chi connectivity index (χ1n) is 8.70. The molecule has 0 aliphatic carbocycles. The van der Waals surface area contributed by atoms with Gasteiger partial charge in [-0.3, -0.25) is 0 Å². The molecule has 0 heterocycles. The van der Waals surface area contributed by atoms with Gasteiger partial charge in [0, 0.05) is 11.6 Å². The van der Waals surface area contributed by atoms with Crippen molar-refractivity contribution in [3.05, 3.63) is 89.5 Å². The Kier molecular flexibility index (Phi) is 5.61. The quantitative estimate of drug-likeness (QED) is 0.499. The second-order valence-electron chi connectivity index (χ2n) is 6.43. The van der Waals surface area contributed by atoms with Crippen LogP contribution in [0.2, 0.25) is 0 Å². The van der Waals surface area contributed by atoms with Crippen LogP contribution >= 0.6 is 0 Å². The molecule has 0 aliphatic heterocycles. The zero-order valence-corrected chi connectivity index (χ0v) is 15.1. The van der Waals surface area contributed by atoms with Gasteiger partial charge < -0.3 is 9.47 Å². The second kappa shape index (κ2) is 8.27. The van der Waals surface area contributed by atoms with E-state index in [0.717, 1.165) is 28.4 Å². The Morgan fingerprint density at radius 3 is 2.31 bits per heavy atom. The van der Waals surface area contributed by atoms with Gasteiger partial charge in [-0.1, -0.05) is 50.1 Å². The third-order valence-corrected chi connectivity index (χ3v) is 4.09. The van der Waals surface area contributed by atoms with Crippen molar-refractivity contribution in [1.82, 2.24) is 0 Å². The van der Waals surface area contributed by atoms with Crippen LogP contribution in [0.25, 0.3) is 0 Å². The smallest absolute Gasteiger partial charge is 0.131 e. The van der Waals surface area contributed by atoms with Crippen molar-refractivity contribution in [2.75, 3.05) is 0 Å². The Bertz CT molecular complexity index is 902. The fourth-order valence-corrected chi connectivity index (χ4v) is 2.60. The lowest BCUT2D eigenvalue weighted by molar-refractivity contribution is 0.304. The predicted molar refractivity (Wildman–Crippen MR) is 106 cm³/mol. The number of hydrogen-bond acceptors (Lipinski definition) is 2. The molecule has 2 nitrogen and oxygen atoms in total. The Labute approximate surface area is 155 Å². The molecule has 3 aromatic rings. The third-order valence-electron chi connectivity index (χ3n) is 4.09. The van der Waals surface area contributed by atoms with Crippen molar-refractivity contribution < 1.29 is 9.47 Å². The highest BCUT2D eigenvalue weighted by Gasteiger charge is 2.03. The largest absolute Gasteiger partial charge is 0.489 e. The van der Waals surface area contributed by atoms with E-state index in [0.29, 0.717) is 12.5 Å². The van der Waals surface area contributed by atoms with Crippen LogP contribution in [0.4, 0.5) is 0 Å². The summed E-state index contributed by atoms with van der Waals surface area (Å²) in [5.74, 6) is 5.46. The topological polar surface area (TPSA) is 18.5 Å². The number of hydrogen-bond donors (Lipinski definition) is 0. The molecular weight excluding hydrogens is 320 g/mol. The van der Waals surface area contributed by atoms with E-state index in [1.807, 2.05) is 60.7 Å². The molecule has 0 saturated carbocycles. The van der Waals surface area contributed by atoms with Gasteiger partial charge in [0.1, 0.15) is 23.9 Å². The fourth-order valence-electron chi connectivity index (χ4n) is 2.60. The summed E-state index contributed by atoms with van der Waals surface area (Å²) in [4.78, 5) is 0. The highest BCUT2D eigenvalue weighted by atomic mass is 16.5. The van der Waals surface area contributed by atoms with E-state index in [2.05, 4.69) is 31.9 Å². The number of benzene rings is 3. The SMILES string of the molecule is C#Cc1cccc(COc2cccc(Oc3ccc(C(C)C)cc3)c2)c1. The minimum Gasteiger partial charge on any atom is -0.489 e. The van der Waals surface area contributed by atoms with Crippen LogP contribution in [0.15, 0.2) is 72.8 Å². The maximum Gasteiger partial charge on any atom is 0.131 e. The molecular formula is C24H22O2. The van der Waals surface area contributed by atoms with Crippen molar-refractivity contribution in [3.8, 4) is 29.6 Å². The van der Waals surface area contributed by atoms with Gasteiger partial charge in [-0.25, -0.2) is 0 Å². The molecule has 0 atom stereocenters. The van der Waals surface area contributed by atoms with Crippen LogP contribution in [0, 0.1) is 12.3 Å². The average Bonchev–Trinajstić information content (AvgIpc) is 2.67. The van der Waals surface area contributed by atoms with Gasteiger partial charge in [0.05, 0.1) is 0 Å². The minimum atomic E-state index is 0.460. The Morgan fingerprint density at radius 1 is 0.846 bits per heavy atom. The lowest BCUT2D eigenvalue weighted by Crippen LogP contribution is -1.96. The molecule has 0 bridgehead atoms. The second-order valence-corrected chi connectivity index (χ2v) is 6.43. The molecule has 0 N–H and O–H groups in total. The molecule has 130 valence electrons.